The third-order valence-corrected chi connectivity index (χ3v) is 3.76. The van der Waals surface area contributed by atoms with Crippen molar-refractivity contribution >= 4 is 12.2 Å². The summed E-state index contributed by atoms with van der Waals surface area (Å²) >= 11 is 0. The van der Waals surface area contributed by atoms with E-state index < -0.39 is 18.1 Å². The highest BCUT2D eigenvalue weighted by Crippen LogP contribution is 2.31. The van der Waals surface area contributed by atoms with Gasteiger partial charge >= 0.3 is 0 Å². The summed E-state index contributed by atoms with van der Waals surface area (Å²) in [5.41, 5.74) is 0.775. The zero-order chi connectivity index (χ0) is 15.4. The van der Waals surface area contributed by atoms with E-state index in [2.05, 4.69) is 0 Å². The number of carbonyl (C=O) groups excluding carboxylic acids is 2. The maximum absolute atomic E-state index is 13.0. The summed E-state index contributed by atoms with van der Waals surface area (Å²) in [6.45, 7) is 0.434. The first kappa shape index (κ1) is 15.6. The van der Waals surface area contributed by atoms with Gasteiger partial charge in [0.05, 0.1) is 6.04 Å². The minimum Gasteiger partial charge on any atom is -0.382 e. The maximum atomic E-state index is 13.0. The second kappa shape index (κ2) is 6.78. The second-order valence-corrected chi connectivity index (χ2v) is 5.17. The quantitative estimate of drug-likeness (QED) is 0.805. The zero-order valence-electron chi connectivity index (χ0n) is 11.5. The largest absolute Gasteiger partial charge is 0.382 e. The molecule has 1 saturated heterocycles. The summed E-state index contributed by atoms with van der Waals surface area (Å²) in [7, 11) is 0. The average Bonchev–Trinajstić information content (AvgIpc) is 2.53. The second-order valence-electron chi connectivity index (χ2n) is 5.17. The summed E-state index contributed by atoms with van der Waals surface area (Å²) in [5.74, 6) is -1.03. The Hall–Kier alpha value is -1.79. The van der Waals surface area contributed by atoms with Crippen LogP contribution in [0.2, 0.25) is 0 Å². The van der Waals surface area contributed by atoms with Gasteiger partial charge in [0.25, 0.3) is 5.91 Å². The van der Waals surface area contributed by atoms with Gasteiger partial charge in [-0.1, -0.05) is 12.1 Å². The van der Waals surface area contributed by atoms with E-state index in [-0.39, 0.29) is 18.1 Å². The monoisotopic (exact) mass is 295 g/mol. The van der Waals surface area contributed by atoms with Gasteiger partial charge in [0.2, 0.25) is 0 Å². The minimum atomic E-state index is -1.76. The van der Waals surface area contributed by atoms with Crippen molar-refractivity contribution in [1.29, 1.82) is 0 Å². The van der Waals surface area contributed by atoms with Crippen LogP contribution in [-0.4, -0.2) is 46.1 Å². The first-order chi connectivity index (χ1) is 10.0. The van der Waals surface area contributed by atoms with Crippen molar-refractivity contribution in [3.63, 3.8) is 0 Å². The van der Waals surface area contributed by atoms with Crippen molar-refractivity contribution in [2.75, 3.05) is 6.54 Å². The Morgan fingerprint density at radius 3 is 2.57 bits per heavy atom. The van der Waals surface area contributed by atoms with E-state index in [1.54, 1.807) is 12.1 Å². The van der Waals surface area contributed by atoms with Crippen LogP contribution < -0.4 is 0 Å². The first-order valence-electron chi connectivity index (χ1n) is 6.92. The highest BCUT2D eigenvalue weighted by Gasteiger charge is 2.34. The molecule has 2 N–H and O–H groups in total. The van der Waals surface area contributed by atoms with E-state index in [4.69, 9.17) is 0 Å². The number of hydrogen-bond acceptors (Lipinski definition) is 4. The maximum Gasteiger partial charge on any atom is 0.255 e. The zero-order valence-corrected chi connectivity index (χ0v) is 11.5. The molecule has 21 heavy (non-hydrogen) atoms. The van der Waals surface area contributed by atoms with Crippen molar-refractivity contribution in [3.8, 4) is 0 Å². The number of hydrogen-bond donors (Lipinski definition) is 2. The summed E-state index contributed by atoms with van der Waals surface area (Å²) in [4.78, 5) is 24.2. The van der Waals surface area contributed by atoms with E-state index >= 15 is 0 Å². The molecule has 1 aromatic carbocycles. The van der Waals surface area contributed by atoms with Gasteiger partial charge in [-0.3, -0.25) is 4.79 Å². The molecule has 1 amide bonds. The van der Waals surface area contributed by atoms with Gasteiger partial charge in [-0.15, -0.1) is 0 Å². The van der Waals surface area contributed by atoms with Gasteiger partial charge in [0.15, 0.2) is 12.4 Å². The van der Waals surface area contributed by atoms with E-state index in [1.165, 1.54) is 17.0 Å². The topological polar surface area (TPSA) is 77.8 Å². The fraction of sp³-hybridized carbons (Fsp3) is 0.467. The molecule has 0 aliphatic carbocycles. The fourth-order valence-corrected chi connectivity index (χ4v) is 2.62. The van der Waals surface area contributed by atoms with E-state index in [0.29, 0.717) is 13.0 Å². The van der Waals surface area contributed by atoms with Gasteiger partial charge < -0.3 is 19.9 Å². The molecule has 1 aliphatic heterocycles. The van der Waals surface area contributed by atoms with Gasteiger partial charge in [-0.05, 0) is 37.0 Å². The fourth-order valence-electron chi connectivity index (χ4n) is 2.62. The number of benzene rings is 1. The van der Waals surface area contributed by atoms with Crippen LogP contribution in [0.15, 0.2) is 24.3 Å². The van der Waals surface area contributed by atoms with Crippen molar-refractivity contribution in [2.24, 2.45) is 0 Å². The van der Waals surface area contributed by atoms with Crippen LogP contribution in [0.1, 0.15) is 30.9 Å². The Bertz CT molecular complexity index is 505. The lowest BCUT2D eigenvalue weighted by molar-refractivity contribution is -0.152. The summed E-state index contributed by atoms with van der Waals surface area (Å²) in [6, 6.07) is 5.58. The average molecular weight is 295 g/mol. The molecule has 0 saturated carbocycles. The van der Waals surface area contributed by atoms with Crippen molar-refractivity contribution < 1.29 is 24.2 Å². The molecule has 114 valence electrons. The lowest BCUT2D eigenvalue weighted by atomic mass is 9.94. The Balaban J connectivity index is 2.20. The molecule has 3 atom stereocenters. The van der Waals surface area contributed by atoms with Crippen molar-refractivity contribution in [3.05, 3.63) is 35.6 Å². The Labute approximate surface area is 122 Å². The van der Waals surface area contributed by atoms with Crippen LogP contribution in [0, 0.1) is 5.82 Å². The van der Waals surface area contributed by atoms with Crippen LogP contribution in [0.5, 0.6) is 0 Å². The predicted molar refractivity (Wildman–Crippen MR) is 72.8 cm³/mol. The lowest BCUT2D eigenvalue weighted by Crippen LogP contribution is -2.48. The summed E-state index contributed by atoms with van der Waals surface area (Å²) < 4.78 is 13.0. The molecule has 2 rings (SSSR count). The number of aliphatic hydroxyl groups is 2. The van der Waals surface area contributed by atoms with Crippen LogP contribution in [0.25, 0.3) is 0 Å². The van der Waals surface area contributed by atoms with Gasteiger partial charge in [-0.25, -0.2) is 4.39 Å². The smallest absolute Gasteiger partial charge is 0.255 e. The number of halogens is 1. The van der Waals surface area contributed by atoms with Crippen molar-refractivity contribution in [1.82, 2.24) is 4.90 Å². The summed E-state index contributed by atoms with van der Waals surface area (Å²) in [6.07, 6.45) is -0.955. The molecule has 1 aliphatic rings. The number of carbonyl (C=O) groups is 2. The normalized spacial score (nSPS) is 21.7. The molecule has 1 heterocycles. The molecular formula is C15H18FNO4. The van der Waals surface area contributed by atoms with Gasteiger partial charge in [-0.2, -0.15) is 0 Å². The number of likely N-dealkylation sites (tertiary alicyclic amines) is 1. The molecule has 0 bridgehead atoms. The standard InChI is InChI=1S/C15H18FNO4/c16-11-6-4-10(5-7-11)12-3-1-2-8-17(12)15(21)14(20)13(19)9-18/h4-7,9,12-14,19-20H,1-3,8H2. The molecule has 3 unspecified atom stereocenters. The van der Waals surface area contributed by atoms with Crippen molar-refractivity contribution in [2.45, 2.75) is 37.5 Å². The number of aldehydes is 1. The summed E-state index contributed by atoms with van der Waals surface area (Å²) in [5, 5.41) is 19.0. The van der Waals surface area contributed by atoms with Gasteiger partial charge in [0.1, 0.15) is 11.9 Å². The van der Waals surface area contributed by atoms with E-state index in [0.717, 1.165) is 18.4 Å². The Kier molecular flexibility index (Phi) is 5.03. The lowest BCUT2D eigenvalue weighted by Gasteiger charge is -2.37. The predicted octanol–water partition coefficient (Wildman–Crippen LogP) is 0.800. The molecule has 6 heteroatoms. The molecule has 0 aromatic heterocycles. The SMILES string of the molecule is O=CC(O)C(O)C(=O)N1CCCCC1c1ccc(F)cc1. The number of aliphatic hydroxyl groups excluding tert-OH is 2. The van der Waals surface area contributed by atoms with E-state index in [9.17, 15) is 24.2 Å². The van der Waals surface area contributed by atoms with Crippen LogP contribution in [-0.2, 0) is 9.59 Å². The molecule has 0 spiro atoms. The first-order valence-corrected chi connectivity index (χ1v) is 6.92. The molecule has 0 radical (unpaired) electrons. The third-order valence-electron chi connectivity index (χ3n) is 3.76. The minimum absolute atomic E-state index is 0.138. The highest BCUT2D eigenvalue weighted by atomic mass is 19.1. The van der Waals surface area contributed by atoms with Crippen LogP contribution in [0.4, 0.5) is 4.39 Å². The number of piperidine rings is 1. The Morgan fingerprint density at radius 2 is 1.95 bits per heavy atom. The number of nitrogens with zero attached hydrogens (tertiary/aromatic N) is 1. The van der Waals surface area contributed by atoms with Crippen LogP contribution in [0.3, 0.4) is 0 Å². The number of rotatable bonds is 4. The number of amides is 1. The third kappa shape index (κ3) is 3.46. The van der Waals surface area contributed by atoms with E-state index in [1.807, 2.05) is 0 Å². The molecular weight excluding hydrogens is 277 g/mol. The molecule has 5 nitrogen and oxygen atoms in total. The van der Waals surface area contributed by atoms with Crippen LogP contribution >= 0.6 is 0 Å². The molecule has 1 fully saturated rings. The molecule has 1 aromatic rings. The highest BCUT2D eigenvalue weighted by molar-refractivity contribution is 5.85. The Morgan fingerprint density at radius 1 is 1.29 bits per heavy atom. The van der Waals surface area contributed by atoms with Gasteiger partial charge in [0, 0.05) is 6.54 Å².